The van der Waals surface area contributed by atoms with E-state index in [1.54, 1.807) is 0 Å². The predicted octanol–water partition coefficient (Wildman–Crippen LogP) is 5.68. The van der Waals surface area contributed by atoms with Gasteiger partial charge in [-0.15, -0.1) is 0 Å². The van der Waals surface area contributed by atoms with E-state index in [0.29, 0.717) is 6.54 Å². The Hall–Kier alpha value is -3.00. The summed E-state index contributed by atoms with van der Waals surface area (Å²) in [5, 5.41) is 0. The van der Waals surface area contributed by atoms with Gasteiger partial charge in [0.1, 0.15) is 0 Å². The zero-order chi connectivity index (χ0) is 18.4. The molecule has 26 heavy (non-hydrogen) atoms. The second kappa shape index (κ2) is 8.39. The maximum Gasteiger partial charge on any atom is 0.154 e. The number of aryl methyl sites for hydroxylation is 3. The average molecular weight is 340 g/mol. The van der Waals surface area contributed by atoms with E-state index in [9.17, 15) is 0 Å². The molecule has 0 aromatic heterocycles. The van der Waals surface area contributed by atoms with Crippen molar-refractivity contribution in [1.29, 1.82) is 0 Å². The van der Waals surface area contributed by atoms with Crippen molar-refractivity contribution < 1.29 is 0 Å². The van der Waals surface area contributed by atoms with Gasteiger partial charge >= 0.3 is 0 Å². The first-order valence-corrected chi connectivity index (χ1v) is 8.88. The Morgan fingerprint density at radius 2 is 1.19 bits per heavy atom. The first-order chi connectivity index (χ1) is 12.6. The molecule has 0 bridgehead atoms. The number of aliphatic imine (C=N–C) groups is 2. The topological polar surface area (TPSA) is 24.7 Å². The van der Waals surface area contributed by atoms with Crippen molar-refractivity contribution in [1.82, 2.24) is 0 Å². The number of benzene rings is 3. The maximum atomic E-state index is 4.77. The summed E-state index contributed by atoms with van der Waals surface area (Å²) < 4.78 is 0. The molecular weight excluding hydrogens is 316 g/mol. The van der Waals surface area contributed by atoms with E-state index in [0.717, 1.165) is 17.0 Å². The van der Waals surface area contributed by atoms with Crippen LogP contribution in [0.4, 0.5) is 0 Å². The predicted molar refractivity (Wildman–Crippen MR) is 111 cm³/mol. The van der Waals surface area contributed by atoms with Gasteiger partial charge in [0.2, 0.25) is 0 Å². The van der Waals surface area contributed by atoms with Gasteiger partial charge in [-0.3, -0.25) is 4.99 Å². The van der Waals surface area contributed by atoms with E-state index >= 15 is 0 Å². The van der Waals surface area contributed by atoms with Crippen molar-refractivity contribution >= 4 is 12.1 Å². The molecule has 0 fully saturated rings. The zero-order valence-electron chi connectivity index (χ0n) is 15.6. The summed E-state index contributed by atoms with van der Waals surface area (Å²) in [7, 11) is 0. The molecule has 0 saturated heterocycles. The molecule has 2 nitrogen and oxygen atoms in total. The van der Waals surface area contributed by atoms with Crippen LogP contribution in [0, 0.1) is 20.8 Å². The smallest absolute Gasteiger partial charge is 0.154 e. The lowest BCUT2D eigenvalue weighted by molar-refractivity contribution is 1.06. The highest BCUT2D eigenvalue weighted by atomic mass is 14.9. The van der Waals surface area contributed by atoms with Crippen LogP contribution >= 0.6 is 0 Å². The molecule has 0 spiro atoms. The molecule has 0 aliphatic heterocycles. The Balaban J connectivity index is 1.87. The molecule has 0 heterocycles. The summed E-state index contributed by atoms with van der Waals surface area (Å²) in [6.45, 7) is 6.88. The van der Waals surface area contributed by atoms with Crippen LogP contribution in [0.5, 0.6) is 0 Å². The molecule has 0 radical (unpaired) electrons. The third kappa shape index (κ3) is 5.00. The van der Waals surface area contributed by atoms with E-state index in [1.165, 1.54) is 22.3 Å². The first kappa shape index (κ1) is 17.8. The van der Waals surface area contributed by atoms with Crippen molar-refractivity contribution in [2.45, 2.75) is 27.3 Å². The molecule has 0 unspecified atom stereocenters. The fourth-order valence-electron chi connectivity index (χ4n) is 2.56. The van der Waals surface area contributed by atoms with Crippen molar-refractivity contribution in [3.8, 4) is 0 Å². The summed E-state index contributed by atoms with van der Waals surface area (Å²) in [4.78, 5) is 9.46. The van der Waals surface area contributed by atoms with Crippen LogP contribution in [0.3, 0.4) is 0 Å². The quantitative estimate of drug-likeness (QED) is 0.431. The lowest BCUT2D eigenvalue weighted by Crippen LogP contribution is -2.00. The Morgan fingerprint density at radius 1 is 0.692 bits per heavy atom. The number of rotatable bonds is 4. The van der Waals surface area contributed by atoms with Gasteiger partial charge in [0.05, 0.1) is 6.54 Å². The normalized spacial score (nSPS) is 11.9. The fourth-order valence-corrected chi connectivity index (χ4v) is 2.56. The molecule has 0 amide bonds. The number of hydrogen-bond acceptors (Lipinski definition) is 1. The minimum absolute atomic E-state index is 0.620. The van der Waals surface area contributed by atoms with Gasteiger partial charge in [0.25, 0.3) is 0 Å². The van der Waals surface area contributed by atoms with E-state index in [4.69, 9.17) is 4.99 Å². The monoisotopic (exact) mass is 340 g/mol. The molecule has 3 aromatic rings. The Bertz CT molecular complexity index is 900. The van der Waals surface area contributed by atoms with Crippen LogP contribution in [-0.4, -0.2) is 12.1 Å². The van der Waals surface area contributed by atoms with Crippen molar-refractivity contribution in [3.05, 3.63) is 106 Å². The first-order valence-electron chi connectivity index (χ1n) is 8.88. The second-order valence-electron chi connectivity index (χ2n) is 6.66. The zero-order valence-corrected chi connectivity index (χ0v) is 15.6. The molecule has 130 valence electrons. The molecule has 0 aliphatic carbocycles. The average Bonchev–Trinajstić information content (AvgIpc) is 2.65. The second-order valence-corrected chi connectivity index (χ2v) is 6.66. The summed E-state index contributed by atoms with van der Waals surface area (Å²) in [5.41, 5.74) is 7.03. The van der Waals surface area contributed by atoms with Crippen LogP contribution in [-0.2, 0) is 6.54 Å². The maximum absolute atomic E-state index is 4.77. The standard InChI is InChI=1S/C24H24N2/c1-18-4-10-21(11-5-18)16-25-24(23-14-8-20(3)9-15-23)26-17-22-12-6-19(2)7-13-22/h4-16H,17H2,1-3H3. The van der Waals surface area contributed by atoms with E-state index < -0.39 is 0 Å². The van der Waals surface area contributed by atoms with Gasteiger partial charge in [-0.05, 0) is 31.9 Å². The summed E-state index contributed by atoms with van der Waals surface area (Å²) in [6.07, 6.45) is 1.88. The van der Waals surface area contributed by atoms with Crippen LogP contribution in [0.15, 0.2) is 82.8 Å². The summed E-state index contributed by atoms with van der Waals surface area (Å²) in [6, 6.07) is 25.2. The van der Waals surface area contributed by atoms with Crippen LogP contribution in [0.1, 0.15) is 33.4 Å². The third-order valence-electron chi connectivity index (χ3n) is 4.26. The summed E-state index contributed by atoms with van der Waals surface area (Å²) in [5.74, 6) is 0.756. The van der Waals surface area contributed by atoms with Crippen molar-refractivity contribution in [2.75, 3.05) is 0 Å². The Kier molecular flexibility index (Phi) is 5.75. The molecule has 0 saturated carbocycles. The van der Waals surface area contributed by atoms with Gasteiger partial charge in [0.15, 0.2) is 5.84 Å². The van der Waals surface area contributed by atoms with E-state index in [2.05, 4.69) is 98.6 Å². The molecule has 3 rings (SSSR count). The Labute approximate surface area is 156 Å². The van der Waals surface area contributed by atoms with Gasteiger partial charge in [-0.25, -0.2) is 4.99 Å². The highest BCUT2D eigenvalue weighted by molar-refractivity contribution is 6.05. The van der Waals surface area contributed by atoms with Crippen molar-refractivity contribution in [3.63, 3.8) is 0 Å². The van der Waals surface area contributed by atoms with E-state index in [1.807, 2.05) is 6.21 Å². The Morgan fingerprint density at radius 3 is 1.77 bits per heavy atom. The van der Waals surface area contributed by atoms with Crippen LogP contribution in [0.2, 0.25) is 0 Å². The molecule has 0 N–H and O–H groups in total. The fraction of sp³-hybridized carbons (Fsp3) is 0.167. The SMILES string of the molecule is Cc1ccc(C=NC(=NCc2ccc(C)cc2)c2ccc(C)cc2)cc1. The molecular formula is C24H24N2. The highest BCUT2D eigenvalue weighted by Gasteiger charge is 2.02. The molecule has 0 aliphatic rings. The van der Waals surface area contributed by atoms with Gasteiger partial charge in [0, 0.05) is 11.8 Å². The van der Waals surface area contributed by atoms with Gasteiger partial charge < -0.3 is 0 Å². The third-order valence-corrected chi connectivity index (χ3v) is 4.26. The number of amidine groups is 1. The largest absolute Gasteiger partial charge is 0.261 e. The minimum atomic E-state index is 0.620. The lowest BCUT2D eigenvalue weighted by atomic mass is 10.1. The number of nitrogens with zero attached hydrogens (tertiary/aromatic N) is 2. The van der Waals surface area contributed by atoms with Crippen LogP contribution in [0.25, 0.3) is 0 Å². The number of hydrogen-bond donors (Lipinski definition) is 0. The minimum Gasteiger partial charge on any atom is -0.261 e. The molecule has 2 heteroatoms. The van der Waals surface area contributed by atoms with Gasteiger partial charge in [-0.1, -0.05) is 89.5 Å². The summed E-state index contributed by atoms with van der Waals surface area (Å²) >= 11 is 0. The highest BCUT2D eigenvalue weighted by Crippen LogP contribution is 2.10. The van der Waals surface area contributed by atoms with Gasteiger partial charge in [-0.2, -0.15) is 0 Å². The lowest BCUT2D eigenvalue weighted by Gasteiger charge is -2.04. The molecule has 0 atom stereocenters. The van der Waals surface area contributed by atoms with E-state index in [-0.39, 0.29) is 0 Å². The van der Waals surface area contributed by atoms with Crippen LogP contribution < -0.4 is 0 Å². The van der Waals surface area contributed by atoms with Crippen molar-refractivity contribution in [2.24, 2.45) is 9.98 Å². The molecule has 3 aromatic carbocycles.